The van der Waals surface area contributed by atoms with Gasteiger partial charge in [0.1, 0.15) is 17.6 Å². The summed E-state index contributed by atoms with van der Waals surface area (Å²) >= 11 is 0. The molecule has 0 unspecified atom stereocenters. The Morgan fingerprint density at radius 1 is 0.909 bits per heavy atom. The van der Waals surface area contributed by atoms with Crippen molar-refractivity contribution in [2.75, 3.05) is 13.4 Å². The Balaban J connectivity index is 1.58. The highest BCUT2D eigenvalue weighted by Crippen LogP contribution is 2.54. The number of hydrogen-bond donors (Lipinski definition) is 1. The minimum Gasteiger partial charge on any atom is -0.492 e. The van der Waals surface area contributed by atoms with Crippen LogP contribution in [-0.2, 0) is 0 Å². The number of benzene rings is 2. The maximum atomic E-state index is 8.75. The van der Waals surface area contributed by atoms with Gasteiger partial charge in [-0.25, -0.2) is 5.26 Å². The van der Waals surface area contributed by atoms with E-state index in [1.165, 1.54) is 0 Å². The third-order valence-corrected chi connectivity index (χ3v) is 4.34. The van der Waals surface area contributed by atoms with Gasteiger partial charge in [-0.05, 0) is 18.2 Å². The third kappa shape index (κ3) is 1.52. The van der Waals surface area contributed by atoms with E-state index in [0.29, 0.717) is 23.9 Å². The molecular formula is C16H12O6. The normalized spacial score (nSPS) is 23.0. The van der Waals surface area contributed by atoms with E-state index in [9.17, 15) is 0 Å². The Bertz CT molecular complexity index is 771. The topological polar surface area (TPSA) is 66.4 Å². The van der Waals surface area contributed by atoms with Crippen molar-refractivity contribution in [3.63, 3.8) is 0 Å². The lowest BCUT2D eigenvalue weighted by Gasteiger charge is -2.27. The van der Waals surface area contributed by atoms with Gasteiger partial charge in [0.2, 0.25) is 6.79 Å². The molecule has 1 N–H and O–H groups in total. The number of rotatable bonds is 1. The second-order valence-corrected chi connectivity index (χ2v) is 5.49. The van der Waals surface area contributed by atoms with Gasteiger partial charge in [0.25, 0.3) is 0 Å². The van der Waals surface area contributed by atoms with Crippen molar-refractivity contribution in [2.45, 2.75) is 12.0 Å². The summed E-state index contributed by atoms with van der Waals surface area (Å²) in [5.41, 5.74) is 2.01. The molecule has 0 fully saturated rings. The lowest BCUT2D eigenvalue weighted by molar-refractivity contribution is -0.137. The molecule has 0 bridgehead atoms. The largest absolute Gasteiger partial charge is 0.492 e. The Labute approximate surface area is 125 Å². The second kappa shape index (κ2) is 4.20. The summed E-state index contributed by atoms with van der Waals surface area (Å²) in [4.78, 5) is 4.25. The average Bonchev–Trinajstić information content (AvgIpc) is 3.15. The zero-order valence-electron chi connectivity index (χ0n) is 11.4. The van der Waals surface area contributed by atoms with Crippen molar-refractivity contribution in [1.82, 2.24) is 0 Å². The minimum atomic E-state index is -0.117. The molecule has 5 rings (SSSR count). The van der Waals surface area contributed by atoms with Gasteiger partial charge >= 0.3 is 0 Å². The maximum Gasteiger partial charge on any atom is 0.231 e. The van der Waals surface area contributed by atoms with Crippen LogP contribution in [-0.4, -0.2) is 18.7 Å². The van der Waals surface area contributed by atoms with E-state index in [2.05, 4.69) is 4.89 Å². The molecule has 3 heterocycles. The van der Waals surface area contributed by atoms with E-state index in [1.54, 1.807) is 12.1 Å². The van der Waals surface area contributed by atoms with Crippen LogP contribution >= 0.6 is 0 Å². The van der Waals surface area contributed by atoms with Gasteiger partial charge in [-0.15, -0.1) is 0 Å². The molecule has 0 aliphatic carbocycles. The fourth-order valence-electron chi connectivity index (χ4n) is 3.28. The molecule has 2 atom stereocenters. The van der Waals surface area contributed by atoms with Gasteiger partial charge in [0, 0.05) is 23.3 Å². The fraction of sp³-hybridized carbons (Fsp3) is 0.250. The van der Waals surface area contributed by atoms with E-state index in [1.807, 2.05) is 18.2 Å². The Morgan fingerprint density at radius 3 is 2.64 bits per heavy atom. The molecule has 22 heavy (non-hydrogen) atoms. The van der Waals surface area contributed by atoms with Crippen molar-refractivity contribution in [3.05, 3.63) is 41.5 Å². The standard InChI is InChI=1S/C16H12O6/c17-22-8-1-2-9-12(3-8)18-6-11-10-4-14-15(20-7-19-14)5-13(10)21-16(9)11/h1-5,11,16-17H,6-7H2/t11-,16-/m1/s1. The van der Waals surface area contributed by atoms with Gasteiger partial charge in [-0.3, -0.25) is 0 Å². The zero-order valence-corrected chi connectivity index (χ0v) is 11.4. The van der Waals surface area contributed by atoms with E-state index >= 15 is 0 Å². The van der Waals surface area contributed by atoms with Crippen LogP contribution < -0.4 is 23.8 Å². The van der Waals surface area contributed by atoms with Crippen LogP contribution in [0.15, 0.2) is 30.3 Å². The molecule has 0 radical (unpaired) electrons. The summed E-state index contributed by atoms with van der Waals surface area (Å²) in [6, 6.07) is 9.04. The summed E-state index contributed by atoms with van der Waals surface area (Å²) in [6.45, 7) is 0.745. The zero-order chi connectivity index (χ0) is 14.7. The molecule has 0 saturated heterocycles. The molecule has 6 heteroatoms. The van der Waals surface area contributed by atoms with E-state index in [0.717, 1.165) is 22.6 Å². The van der Waals surface area contributed by atoms with Crippen LogP contribution in [0.5, 0.6) is 28.7 Å². The molecule has 0 spiro atoms. The monoisotopic (exact) mass is 300 g/mol. The molecule has 2 aromatic carbocycles. The van der Waals surface area contributed by atoms with Crippen molar-refractivity contribution < 1.29 is 29.1 Å². The highest BCUT2D eigenvalue weighted by Gasteiger charge is 2.42. The highest BCUT2D eigenvalue weighted by molar-refractivity contribution is 5.57. The molecule has 0 saturated carbocycles. The Kier molecular flexibility index (Phi) is 2.29. The van der Waals surface area contributed by atoms with Gasteiger partial charge in [0.15, 0.2) is 17.2 Å². The smallest absolute Gasteiger partial charge is 0.231 e. The quantitative estimate of drug-likeness (QED) is 0.645. The summed E-state index contributed by atoms with van der Waals surface area (Å²) in [5.74, 6) is 3.38. The summed E-state index contributed by atoms with van der Waals surface area (Å²) in [6.07, 6.45) is -0.117. The molecule has 3 aliphatic heterocycles. The van der Waals surface area contributed by atoms with Crippen LogP contribution in [0, 0.1) is 0 Å². The first kappa shape index (κ1) is 12.0. The third-order valence-electron chi connectivity index (χ3n) is 4.34. The first-order valence-corrected chi connectivity index (χ1v) is 7.02. The molecule has 0 aromatic heterocycles. The first-order chi connectivity index (χ1) is 10.8. The molecule has 112 valence electrons. The van der Waals surface area contributed by atoms with Gasteiger partial charge < -0.3 is 23.8 Å². The SMILES string of the molecule is OOc1ccc2c(c1)OC[C@@H]1c3cc4c(cc3O[C@H]21)OCO4. The summed E-state index contributed by atoms with van der Waals surface area (Å²) in [7, 11) is 0. The van der Waals surface area contributed by atoms with E-state index in [-0.39, 0.29) is 18.8 Å². The van der Waals surface area contributed by atoms with Crippen molar-refractivity contribution >= 4 is 0 Å². The van der Waals surface area contributed by atoms with Gasteiger partial charge in [0.05, 0.1) is 12.5 Å². The molecule has 3 aliphatic rings. The van der Waals surface area contributed by atoms with Crippen LogP contribution in [0.2, 0.25) is 0 Å². The van der Waals surface area contributed by atoms with Crippen molar-refractivity contribution in [1.29, 1.82) is 0 Å². The molecular weight excluding hydrogens is 288 g/mol. The first-order valence-electron chi connectivity index (χ1n) is 7.02. The predicted molar refractivity (Wildman–Crippen MR) is 73.9 cm³/mol. The highest BCUT2D eigenvalue weighted by atomic mass is 17.1. The van der Waals surface area contributed by atoms with Crippen LogP contribution in [0.1, 0.15) is 23.1 Å². The molecule has 0 amide bonds. The lowest BCUT2D eigenvalue weighted by atomic mass is 9.89. The van der Waals surface area contributed by atoms with Gasteiger partial charge in [-0.1, -0.05) is 0 Å². The summed E-state index contributed by atoms with van der Waals surface area (Å²) < 4.78 is 22.8. The second-order valence-electron chi connectivity index (χ2n) is 5.49. The van der Waals surface area contributed by atoms with E-state index < -0.39 is 0 Å². The number of fused-ring (bicyclic) bond motifs is 6. The minimum absolute atomic E-state index is 0.109. The van der Waals surface area contributed by atoms with E-state index in [4.69, 9.17) is 24.2 Å². The van der Waals surface area contributed by atoms with Crippen LogP contribution in [0.3, 0.4) is 0 Å². The summed E-state index contributed by atoms with van der Waals surface area (Å²) in [5, 5.41) is 8.75. The maximum absolute atomic E-state index is 8.75. The van der Waals surface area contributed by atoms with Crippen LogP contribution in [0.4, 0.5) is 0 Å². The van der Waals surface area contributed by atoms with Gasteiger partial charge in [-0.2, -0.15) is 0 Å². The Hall–Kier alpha value is -2.60. The molecule has 2 aromatic rings. The lowest BCUT2D eigenvalue weighted by Crippen LogP contribution is -2.23. The predicted octanol–water partition coefficient (Wildman–Crippen LogP) is 2.88. The van der Waals surface area contributed by atoms with Crippen molar-refractivity contribution in [2.24, 2.45) is 0 Å². The van der Waals surface area contributed by atoms with Crippen LogP contribution in [0.25, 0.3) is 0 Å². The fourth-order valence-corrected chi connectivity index (χ4v) is 3.28. The average molecular weight is 300 g/mol. The Morgan fingerprint density at radius 2 is 1.77 bits per heavy atom. The number of hydrogen-bond acceptors (Lipinski definition) is 6. The number of ether oxygens (including phenoxy) is 4. The molecule has 6 nitrogen and oxygen atoms in total. The van der Waals surface area contributed by atoms with Crippen molar-refractivity contribution in [3.8, 4) is 28.7 Å².